The van der Waals surface area contributed by atoms with Gasteiger partial charge in [-0.05, 0) is 25.1 Å². The molecular formula is C14H12N2O3. The third-order valence-electron chi connectivity index (χ3n) is 2.55. The van der Waals surface area contributed by atoms with Gasteiger partial charge < -0.3 is 10.5 Å². The second-order valence-corrected chi connectivity index (χ2v) is 3.97. The number of rotatable bonds is 4. The lowest BCUT2D eigenvalue weighted by atomic mass is 10.2. The third-order valence-corrected chi connectivity index (χ3v) is 2.55. The molecule has 0 aliphatic carbocycles. The highest BCUT2D eigenvalue weighted by molar-refractivity contribution is 5.95. The van der Waals surface area contributed by atoms with Crippen molar-refractivity contribution in [3.63, 3.8) is 0 Å². The van der Waals surface area contributed by atoms with Gasteiger partial charge in [-0.3, -0.25) is 9.59 Å². The summed E-state index contributed by atoms with van der Waals surface area (Å²) in [6, 6.07) is 8.30. The first-order valence-corrected chi connectivity index (χ1v) is 5.60. The fraction of sp³-hybridized carbons (Fsp3) is 0.0714. The molecule has 2 aromatic rings. The minimum atomic E-state index is -0.572. The molecule has 0 aliphatic rings. The number of aldehydes is 1. The van der Waals surface area contributed by atoms with Gasteiger partial charge in [0.2, 0.25) is 5.88 Å². The highest BCUT2D eigenvalue weighted by atomic mass is 16.5. The van der Waals surface area contributed by atoms with E-state index in [1.165, 1.54) is 6.20 Å². The van der Waals surface area contributed by atoms with E-state index in [4.69, 9.17) is 10.5 Å². The summed E-state index contributed by atoms with van der Waals surface area (Å²) in [4.78, 5) is 25.9. The first kappa shape index (κ1) is 12.8. The number of hydrogen-bond acceptors (Lipinski definition) is 4. The zero-order chi connectivity index (χ0) is 13.8. The SMILES string of the molecule is Cc1cc(C=O)cnc1Oc1ccccc1C(N)=O. The van der Waals surface area contributed by atoms with Crippen molar-refractivity contribution >= 4 is 12.2 Å². The van der Waals surface area contributed by atoms with Crippen molar-refractivity contribution in [1.82, 2.24) is 4.98 Å². The molecule has 0 saturated heterocycles. The predicted octanol–water partition coefficient (Wildman–Crippen LogP) is 2.09. The molecule has 1 heterocycles. The molecule has 1 amide bonds. The number of ether oxygens (including phenoxy) is 1. The lowest BCUT2D eigenvalue weighted by Crippen LogP contribution is -2.12. The Hall–Kier alpha value is -2.69. The summed E-state index contributed by atoms with van der Waals surface area (Å²) >= 11 is 0. The summed E-state index contributed by atoms with van der Waals surface area (Å²) in [5, 5.41) is 0. The van der Waals surface area contributed by atoms with Crippen LogP contribution in [-0.4, -0.2) is 17.2 Å². The van der Waals surface area contributed by atoms with E-state index in [1.807, 2.05) is 0 Å². The zero-order valence-electron chi connectivity index (χ0n) is 10.3. The molecule has 0 unspecified atom stereocenters. The molecular weight excluding hydrogens is 244 g/mol. The van der Waals surface area contributed by atoms with Gasteiger partial charge in [0.25, 0.3) is 5.91 Å². The molecule has 1 aromatic heterocycles. The number of benzene rings is 1. The molecule has 0 bridgehead atoms. The van der Waals surface area contributed by atoms with Crippen LogP contribution in [0.3, 0.4) is 0 Å². The van der Waals surface area contributed by atoms with Crippen molar-refractivity contribution in [3.05, 3.63) is 53.2 Å². The normalized spacial score (nSPS) is 9.95. The Labute approximate surface area is 110 Å². The molecule has 96 valence electrons. The van der Waals surface area contributed by atoms with E-state index in [9.17, 15) is 9.59 Å². The first-order valence-electron chi connectivity index (χ1n) is 5.60. The number of nitrogens with zero attached hydrogens (tertiary/aromatic N) is 1. The Morgan fingerprint density at radius 3 is 2.74 bits per heavy atom. The van der Waals surface area contributed by atoms with E-state index in [2.05, 4.69) is 4.98 Å². The fourth-order valence-corrected chi connectivity index (χ4v) is 1.62. The number of para-hydroxylation sites is 1. The zero-order valence-corrected chi connectivity index (χ0v) is 10.3. The molecule has 1 aromatic carbocycles. The summed E-state index contributed by atoms with van der Waals surface area (Å²) in [5.41, 5.74) is 6.71. The van der Waals surface area contributed by atoms with Crippen LogP contribution in [0.25, 0.3) is 0 Å². The van der Waals surface area contributed by atoms with Crippen LogP contribution in [0.5, 0.6) is 11.6 Å². The summed E-state index contributed by atoms with van der Waals surface area (Å²) < 4.78 is 5.57. The first-order chi connectivity index (χ1) is 9.11. The number of aromatic nitrogens is 1. The molecule has 0 saturated carbocycles. The summed E-state index contributed by atoms with van der Waals surface area (Å²) in [5.74, 6) is 0.0986. The Bertz CT molecular complexity index is 638. The molecule has 0 spiro atoms. The largest absolute Gasteiger partial charge is 0.438 e. The van der Waals surface area contributed by atoms with E-state index in [-0.39, 0.29) is 5.56 Å². The summed E-state index contributed by atoms with van der Waals surface area (Å²) in [6.45, 7) is 1.77. The summed E-state index contributed by atoms with van der Waals surface area (Å²) in [6.07, 6.45) is 2.11. The van der Waals surface area contributed by atoms with Crippen LogP contribution in [-0.2, 0) is 0 Å². The van der Waals surface area contributed by atoms with Gasteiger partial charge in [-0.25, -0.2) is 4.98 Å². The second-order valence-electron chi connectivity index (χ2n) is 3.97. The molecule has 0 atom stereocenters. The number of carbonyl (C=O) groups is 2. The Kier molecular flexibility index (Phi) is 3.56. The molecule has 19 heavy (non-hydrogen) atoms. The van der Waals surface area contributed by atoms with Gasteiger partial charge in [0.15, 0.2) is 6.29 Å². The van der Waals surface area contributed by atoms with E-state index in [0.717, 1.165) is 0 Å². The Morgan fingerprint density at radius 2 is 2.11 bits per heavy atom. The second kappa shape index (κ2) is 5.30. The maximum atomic E-state index is 11.3. The van der Waals surface area contributed by atoms with Crippen LogP contribution in [0.1, 0.15) is 26.3 Å². The average Bonchev–Trinajstić information content (AvgIpc) is 2.41. The van der Waals surface area contributed by atoms with Crippen molar-refractivity contribution < 1.29 is 14.3 Å². The molecule has 0 radical (unpaired) electrons. The number of hydrogen-bond donors (Lipinski definition) is 1. The van der Waals surface area contributed by atoms with Crippen molar-refractivity contribution in [2.24, 2.45) is 5.73 Å². The van der Waals surface area contributed by atoms with Crippen LogP contribution < -0.4 is 10.5 Å². The molecule has 0 aliphatic heterocycles. The van der Waals surface area contributed by atoms with E-state index < -0.39 is 5.91 Å². The maximum absolute atomic E-state index is 11.3. The Morgan fingerprint density at radius 1 is 1.37 bits per heavy atom. The van der Waals surface area contributed by atoms with Crippen molar-refractivity contribution in [2.75, 3.05) is 0 Å². The van der Waals surface area contributed by atoms with E-state index >= 15 is 0 Å². The number of primary amides is 1. The molecule has 5 nitrogen and oxygen atoms in total. The monoisotopic (exact) mass is 256 g/mol. The van der Waals surface area contributed by atoms with Crippen molar-refractivity contribution in [2.45, 2.75) is 6.92 Å². The van der Waals surface area contributed by atoms with Crippen molar-refractivity contribution in [3.8, 4) is 11.6 Å². The van der Waals surface area contributed by atoms with Gasteiger partial charge in [-0.15, -0.1) is 0 Å². The number of aryl methyl sites for hydroxylation is 1. The number of nitrogens with two attached hydrogens (primary N) is 1. The third kappa shape index (κ3) is 2.77. The van der Waals surface area contributed by atoms with Crippen LogP contribution in [0, 0.1) is 6.92 Å². The highest BCUT2D eigenvalue weighted by Crippen LogP contribution is 2.26. The van der Waals surface area contributed by atoms with Crippen LogP contribution >= 0.6 is 0 Å². The summed E-state index contributed by atoms with van der Waals surface area (Å²) in [7, 11) is 0. The number of pyridine rings is 1. The highest BCUT2D eigenvalue weighted by Gasteiger charge is 2.11. The van der Waals surface area contributed by atoms with Gasteiger partial charge in [0, 0.05) is 17.3 Å². The molecule has 2 N–H and O–H groups in total. The molecule has 2 rings (SSSR count). The van der Waals surface area contributed by atoms with Crippen LogP contribution in [0.15, 0.2) is 36.5 Å². The minimum absolute atomic E-state index is 0.281. The lowest BCUT2D eigenvalue weighted by molar-refractivity contribution is 0.0997. The van der Waals surface area contributed by atoms with Gasteiger partial charge in [0.1, 0.15) is 5.75 Å². The van der Waals surface area contributed by atoms with Gasteiger partial charge >= 0.3 is 0 Å². The number of carbonyl (C=O) groups excluding carboxylic acids is 2. The van der Waals surface area contributed by atoms with Gasteiger partial charge in [-0.2, -0.15) is 0 Å². The van der Waals surface area contributed by atoms with Crippen LogP contribution in [0.4, 0.5) is 0 Å². The van der Waals surface area contributed by atoms with Gasteiger partial charge in [-0.1, -0.05) is 12.1 Å². The lowest BCUT2D eigenvalue weighted by Gasteiger charge is -2.10. The smallest absolute Gasteiger partial charge is 0.252 e. The van der Waals surface area contributed by atoms with E-state index in [1.54, 1.807) is 37.3 Å². The van der Waals surface area contributed by atoms with Crippen molar-refractivity contribution in [1.29, 1.82) is 0 Å². The molecule has 5 heteroatoms. The van der Waals surface area contributed by atoms with Crippen LogP contribution in [0.2, 0.25) is 0 Å². The fourth-order valence-electron chi connectivity index (χ4n) is 1.62. The van der Waals surface area contributed by atoms with Gasteiger partial charge in [0.05, 0.1) is 5.56 Å². The topological polar surface area (TPSA) is 82.3 Å². The Balaban J connectivity index is 2.36. The number of amides is 1. The predicted molar refractivity (Wildman–Crippen MR) is 69.4 cm³/mol. The maximum Gasteiger partial charge on any atom is 0.252 e. The molecule has 0 fully saturated rings. The van der Waals surface area contributed by atoms with E-state index in [0.29, 0.717) is 29.0 Å². The average molecular weight is 256 g/mol. The minimum Gasteiger partial charge on any atom is -0.438 e. The quantitative estimate of drug-likeness (QED) is 0.849. The standard InChI is InChI=1S/C14H12N2O3/c1-9-6-10(8-17)7-16-14(9)19-12-5-3-2-4-11(12)13(15)18/h2-8H,1H3,(H2,15,18).